The molecule has 6 atom stereocenters. The molecule has 0 heterocycles. The molecule has 0 aromatic carbocycles. The van der Waals surface area contributed by atoms with E-state index in [2.05, 4.69) is 38.2 Å². The molecule has 0 aromatic rings. The minimum Gasteiger partial charge on any atom is -0.457 e. The van der Waals surface area contributed by atoms with Gasteiger partial charge in [0.05, 0.1) is 13.2 Å². The number of ether oxygens (including phenoxy) is 2. The number of carbonyl (C=O) groups excluding carboxylic acids is 1. The summed E-state index contributed by atoms with van der Waals surface area (Å²) in [5.41, 5.74) is 0. The van der Waals surface area contributed by atoms with Crippen molar-refractivity contribution in [2.24, 2.45) is 0 Å². The summed E-state index contributed by atoms with van der Waals surface area (Å²) >= 11 is 0. The van der Waals surface area contributed by atoms with E-state index in [1.165, 1.54) is 109 Å². The van der Waals surface area contributed by atoms with Crippen LogP contribution in [0.1, 0.15) is 194 Å². The van der Waals surface area contributed by atoms with Crippen LogP contribution in [0.2, 0.25) is 0 Å². The molecule has 6 N–H and O–H groups in total. The molecule has 0 radical (unpaired) electrons. The smallest absolute Gasteiger partial charge is 0.457 e. The fourth-order valence-corrected chi connectivity index (χ4v) is 8.06. The molecule has 1 saturated carbocycles. The lowest BCUT2D eigenvalue weighted by atomic mass is 9.85. The standard InChI is InChI=1S/C45H85O12P/c1-3-5-7-9-11-13-15-17-18-19-20-21-22-24-26-28-30-32-34-39(46)56-38(36-54-35-33-31-29-27-25-23-16-14-12-10-8-6-4-2)37-55-58(52,53)57-45-43(50)41(48)40(47)42(49)44(45)51/h13,15,18-19,38,40-45,47-51H,3-12,14,16-17,20-37H2,1-2H3,(H,52,53)/b15-13-,19-18-. The number of esters is 1. The number of allylic oxidation sites excluding steroid dienone is 4. The Balaban J connectivity index is 2.39. The highest BCUT2D eigenvalue weighted by Crippen LogP contribution is 2.47. The van der Waals surface area contributed by atoms with Gasteiger partial charge in [-0.05, 0) is 44.9 Å². The second kappa shape index (κ2) is 36.5. The normalized spacial score (nSPS) is 22.8. The van der Waals surface area contributed by atoms with Gasteiger partial charge in [-0.15, -0.1) is 0 Å². The number of unbranched alkanes of at least 4 members (excludes halogenated alkanes) is 23. The Morgan fingerprint density at radius 1 is 0.552 bits per heavy atom. The molecule has 13 heteroatoms. The average Bonchev–Trinajstić information content (AvgIpc) is 3.21. The van der Waals surface area contributed by atoms with Crippen molar-refractivity contribution < 1.29 is 58.3 Å². The molecule has 0 saturated heterocycles. The molecule has 6 unspecified atom stereocenters. The van der Waals surface area contributed by atoms with E-state index in [0.717, 1.165) is 57.8 Å². The van der Waals surface area contributed by atoms with E-state index < -0.39 is 63.1 Å². The van der Waals surface area contributed by atoms with Crippen LogP contribution in [0.5, 0.6) is 0 Å². The van der Waals surface area contributed by atoms with Gasteiger partial charge in [0.1, 0.15) is 42.7 Å². The van der Waals surface area contributed by atoms with Gasteiger partial charge in [0, 0.05) is 13.0 Å². The quantitative estimate of drug-likeness (QED) is 0.0149. The topological polar surface area (TPSA) is 192 Å². The van der Waals surface area contributed by atoms with Crippen molar-refractivity contribution in [3.8, 4) is 0 Å². The number of phosphoric acid groups is 1. The molecule has 1 aliphatic carbocycles. The van der Waals surface area contributed by atoms with E-state index in [9.17, 15) is 39.8 Å². The molecule has 0 aromatic heterocycles. The Labute approximate surface area is 351 Å². The van der Waals surface area contributed by atoms with Crippen molar-refractivity contribution in [2.45, 2.75) is 236 Å². The van der Waals surface area contributed by atoms with Crippen molar-refractivity contribution in [2.75, 3.05) is 19.8 Å². The van der Waals surface area contributed by atoms with Gasteiger partial charge in [-0.2, -0.15) is 0 Å². The molecular weight excluding hydrogens is 763 g/mol. The zero-order chi connectivity index (χ0) is 42.7. The molecule has 58 heavy (non-hydrogen) atoms. The van der Waals surface area contributed by atoms with E-state index in [1.807, 2.05) is 0 Å². The fraction of sp³-hybridized carbons (Fsp3) is 0.889. The largest absolute Gasteiger partial charge is 0.472 e. The molecule has 0 spiro atoms. The van der Waals surface area contributed by atoms with Crippen LogP contribution in [-0.4, -0.2) is 98.9 Å². The summed E-state index contributed by atoms with van der Waals surface area (Å²) in [7, 11) is -5.01. The van der Waals surface area contributed by atoms with Crippen LogP contribution in [0, 0.1) is 0 Å². The molecule has 342 valence electrons. The van der Waals surface area contributed by atoms with Crippen LogP contribution in [0.3, 0.4) is 0 Å². The minimum atomic E-state index is -5.01. The second-order valence-corrected chi connectivity index (χ2v) is 17.7. The zero-order valence-corrected chi connectivity index (χ0v) is 37.2. The lowest BCUT2D eigenvalue weighted by Crippen LogP contribution is -2.64. The van der Waals surface area contributed by atoms with Gasteiger partial charge < -0.3 is 39.9 Å². The van der Waals surface area contributed by atoms with Crippen LogP contribution in [0.15, 0.2) is 24.3 Å². The Morgan fingerprint density at radius 3 is 1.47 bits per heavy atom. The van der Waals surface area contributed by atoms with E-state index in [1.54, 1.807) is 0 Å². The Morgan fingerprint density at radius 2 is 0.966 bits per heavy atom. The summed E-state index contributed by atoms with van der Waals surface area (Å²) in [4.78, 5) is 23.1. The van der Waals surface area contributed by atoms with E-state index in [4.69, 9.17) is 18.5 Å². The summed E-state index contributed by atoms with van der Waals surface area (Å²) in [6.07, 6.45) is 28.1. The minimum absolute atomic E-state index is 0.0761. The van der Waals surface area contributed by atoms with Gasteiger partial charge in [-0.3, -0.25) is 13.8 Å². The first-order valence-electron chi connectivity index (χ1n) is 23.2. The highest BCUT2D eigenvalue weighted by atomic mass is 31.2. The van der Waals surface area contributed by atoms with Gasteiger partial charge in [-0.1, -0.05) is 167 Å². The number of carbonyl (C=O) groups is 1. The van der Waals surface area contributed by atoms with Crippen LogP contribution in [0.25, 0.3) is 0 Å². The summed E-state index contributed by atoms with van der Waals surface area (Å²) in [6, 6.07) is 0. The summed E-state index contributed by atoms with van der Waals surface area (Å²) in [6.45, 7) is 4.24. The Bertz CT molecular complexity index is 1060. The van der Waals surface area contributed by atoms with Crippen LogP contribution in [0.4, 0.5) is 0 Å². The summed E-state index contributed by atoms with van der Waals surface area (Å²) in [5, 5.41) is 50.1. The third-order valence-electron chi connectivity index (χ3n) is 10.8. The predicted molar refractivity (Wildman–Crippen MR) is 230 cm³/mol. The number of aliphatic hydroxyl groups is 5. The molecule has 1 fully saturated rings. The van der Waals surface area contributed by atoms with Crippen molar-refractivity contribution in [1.82, 2.24) is 0 Å². The van der Waals surface area contributed by atoms with Gasteiger partial charge in [0.15, 0.2) is 0 Å². The first-order chi connectivity index (χ1) is 28.0. The Kier molecular flexibility index (Phi) is 34.5. The fourth-order valence-electron chi connectivity index (χ4n) is 7.09. The second-order valence-electron chi connectivity index (χ2n) is 16.3. The van der Waals surface area contributed by atoms with Gasteiger partial charge in [-0.25, -0.2) is 4.57 Å². The summed E-state index contributed by atoms with van der Waals surface area (Å²) < 4.78 is 34.2. The highest BCUT2D eigenvalue weighted by Gasteiger charge is 2.51. The van der Waals surface area contributed by atoms with Crippen molar-refractivity contribution in [1.29, 1.82) is 0 Å². The SMILES string of the molecule is CCCCCC/C=C\C/C=C\CCCCCCCCCC(=O)OC(COCCCCCCCCCCCCCCC)COP(=O)(O)OC1C(O)C(O)C(O)C(O)C1O. The maximum absolute atomic E-state index is 12.8. The van der Waals surface area contributed by atoms with Crippen molar-refractivity contribution in [3.05, 3.63) is 24.3 Å². The summed E-state index contributed by atoms with van der Waals surface area (Å²) in [5.74, 6) is -0.483. The maximum Gasteiger partial charge on any atom is 0.472 e. The number of hydrogen-bond donors (Lipinski definition) is 6. The van der Waals surface area contributed by atoms with Crippen LogP contribution in [-0.2, 0) is 27.9 Å². The first-order valence-corrected chi connectivity index (χ1v) is 24.7. The third kappa shape index (κ3) is 28.4. The van der Waals surface area contributed by atoms with Crippen molar-refractivity contribution in [3.63, 3.8) is 0 Å². The van der Waals surface area contributed by atoms with Gasteiger partial charge in [0.2, 0.25) is 0 Å². The van der Waals surface area contributed by atoms with Crippen molar-refractivity contribution >= 4 is 13.8 Å². The van der Waals surface area contributed by atoms with Crippen LogP contribution >= 0.6 is 7.82 Å². The predicted octanol–water partition coefficient (Wildman–Crippen LogP) is 9.31. The highest BCUT2D eigenvalue weighted by molar-refractivity contribution is 7.47. The molecule has 0 bridgehead atoms. The van der Waals surface area contributed by atoms with E-state index in [0.29, 0.717) is 13.0 Å². The zero-order valence-electron chi connectivity index (χ0n) is 36.4. The lowest BCUT2D eigenvalue weighted by Gasteiger charge is -2.41. The number of phosphoric ester groups is 1. The number of rotatable bonds is 39. The molecule has 0 amide bonds. The molecule has 1 aliphatic rings. The van der Waals surface area contributed by atoms with Gasteiger partial charge >= 0.3 is 13.8 Å². The number of aliphatic hydroxyl groups excluding tert-OH is 5. The maximum atomic E-state index is 12.8. The van der Waals surface area contributed by atoms with E-state index in [-0.39, 0.29) is 13.0 Å². The first kappa shape index (κ1) is 54.8. The Hall–Kier alpha value is -1.18. The monoisotopic (exact) mass is 849 g/mol. The van der Waals surface area contributed by atoms with E-state index >= 15 is 0 Å². The molecule has 12 nitrogen and oxygen atoms in total. The average molecular weight is 849 g/mol. The molecule has 0 aliphatic heterocycles. The molecule has 1 rings (SSSR count). The van der Waals surface area contributed by atoms with Gasteiger partial charge in [0.25, 0.3) is 0 Å². The van der Waals surface area contributed by atoms with Crippen LogP contribution < -0.4 is 0 Å². The number of hydrogen-bond acceptors (Lipinski definition) is 11. The molecular formula is C45H85O12P. The lowest BCUT2D eigenvalue weighted by molar-refractivity contribution is -0.220. The third-order valence-corrected chi connectivity index (χ3v) is 11.8.